The lowest BCUT2D eigenvalue weighted by Gasteiger charge is -2.14. The van der Waals surface area contributed by atoms with Gasteiger partial charge in [0.15, 0.2) is 10.9 Å². The number of thiocarbonyl (C=S) groups is 1. The highest BCUT2D eigenvalue weighted by molar-refractivity contribution is 7.80. The number of hydrogen-bond acceptors (Lipinski definition) is 2. The van der Waals surface area contributed by atoms with Crippen molar-refractivity contribution >= 4 is 46.4 Å². The number of nitrogens with one attached hydrogen (secondary N) is 2. The van der Waals surface area contributed by atoms with E-state index in [4.69, 9.17) is 35.4 Å². The van der Waals surface area contributed by atoms with E-state index in [0.29, 0.717) is 26.5 Å². The van der Waals surface area contributed by atoms with Crippen molar-refractivity contribution in [3.63, 3.8) is 0 Å². The van der Waals surface area contributed by atoms with Gasteiger partial charge >= 0.3 is 0 Å². The first kappa shape index (κ1) is 18.0. The lowest BCUT2D eigenvalue weighted by molar-refractivity contribution is 0.586. The molecule has 23 heavy (non-hydrogen) atoms. The zero-order valence-corrected chi connectivity index (χ0v) is 15.1. The smallest absolute Gasteiger partial charge is 0.173 e. The summed E-state index contributed by atoms with van der Waals surface area (Å²) in [6.45, 7) is 4.26. The third-order valence-corrected chi connectivity index (χ3v) is 4.17. The number of halogens is 3. The van der Waals surface area contributed by atoms with E-state index in [-0.39, 0.29) is 18.4 Å². The highest BCUT2D eigenvalue weighted by Crippen LogP contribution is 2.23. The zero-order chi connectivity index (χ0) is 17.0. The molecule has 1 heterocycles. The fourth-order valence-corrected chi connectivity index (χ4v) is 2.60. The fourth-order valence-electron chi connectivity index (χ4n) is 1.88. The Kier molecular flexibility index (Phi) is 6.21. The van der Waals surface area contributed by atoms with E-state index < -0.39 is 0 Å². The van der Waals surface area contributed by atoms with Crippen molar-refractivity contribution < 1.29 is 4.39 Å². The Morgan fingerprint density at radius 1 is 1.39 bits per heavy atom. The lowest BCUT2D eigenvalue weighted by atomic mass is 10.2. The van der Waals surface area contributed by atoms with Crippen LogP contribution in [0.15, 0.2) is 24.4 Å². The summed E-state index contributed by atoms with van der Waals surface area (Å²) < 4.78 is 15.3. The van der Waals surface area contributed by atoms with Gasteiger partial charge in [-0.25, -0.2) is 4.39 Å². The van der Waals surface area contributed by atoms with Crippen LogP contribution in [0.1, 0.15) is 25.8 Å². The van der Waals surface area contributed by atoms with Crippen LogP contribution in [0.5, 0.6) is 0 Å². The fraction of sp³-hybridized carbons (Fsp3) is 0.333. The minimum absolute atomic E-state index is 0.179. The van der Waals surface area contributed by atoms with Crippen LogP contribution in [0.4, 0.5) is 10.2 Å². The SMILES string of the molecule is CCC(C)NC(=S)Nc1nn(Cc2c(F)cccc2Cl)cc1Cl. The number of nitrogens with zero attached hydrogens (tertiary/aromatic N) is 2. The highest BCUT2D eigenvalue weighted by Gasteiger charge is 2.13. The average Bonchev–Trinajstić information content (AvgIpc) is 2.82. The summed E-state index contributed by atoms with van der Waals surface area (Å²) in [5.41, 5.74) is 0.361. The molecule has 0 fully saturated rings. The van der Waals surface area contributed by atoms with E-state index in [1.165, 1.54) is 10.7 Å². The molecule has 1 atom stereocenters. The van der Waals surface area contributed by atoms with Crippen molar-refractivity contribution in [2.45, 2.75) is 32.9 Å². The molecule has 0 saturated carbocycles. The van der Waals surface area contributed by atoms with Crippen LogP contribution in [-0.2, 0) is 6.54 Å². The zero-order valence-electron chi connectivity index (χ0n) is 12.7. The Labute approximate surface area is 150 Å². The maximum Gasteiger partial charge on any atom is 0.173 e. The van der Waals surface area contributed by atoms with Gasteiger partial charge in [-0.2, -0.15) is 5.10 Å². The summed E-state index contributed by atoms with van der Waals surface area (Å²) in [4.78, 5) is 0. The lowest BCUT2D eigenvalue weighted by Crippen LogP contribution is -2.35. The predicted octanol–water partition coefficient (Wildman–Crippen LogP) is 4.46. The van der Waals surface area contributed by atoms with Gasteiger partial charge in [-0.05, 0) is 37.7 Å². The molecule has 4 nitrogen and oxygen atoms in total. The van der Waals surface area contributed by atoms with Gasteiger partial charge in [0.25, 0.3) is 0 Å². The predicted molar refractivity (Wildman–Crippen MR) is 96.9 cm³/mol. The van der Waals surface area contributed by atoms with Crippen molar-refractivity contribution in [3.05, 3.63) is 45.8 Å². The maximum absolute atomic E-state index is 13.8. The summed E-state index contributed by atoms with van der Waals surface area (Å²) in [5, 5.41) is 11.5. The van der Waals surface area contributed by atoms with Crippen molar-refractivity contribution in [1.29, 1.82) is 0 Å². The van der Waals surface area contributed by atoms with Gasteiger partial charge in [-0.3, -0.25) is 4.68 Å². The summed E-state index contributed by atoms with van der Waals surface area (Å²) in [6, 6.07) is 4.79. The van der Waals surface area contributed by atoms with Gasteiger partial charge in [-0.1, -0.05) is 36.2 Å². The van der Waals surface area contributed by atoms with E-state index in [1.807, 2.05) is 6.92 Å². The third-order valence-electron chi connectivity index (χ3n) is 3.32. The van der Waals surface area contributed by atoms with E-state index in [1.54, 1.807) is 18.3 Å². The first-order valence-corrected chi connectivity index (χ1v) is 8.30. The van der Waals surface area contributed by atoms with E-state index in [2.05, 4.69) is 22.7 Å². The Balaban J connectivity index is 2.11. The molecule has 124 valence electrons. The number of hydrogen-bond donors (Lipinski definition) is 2. The molecule has 1 aromatic heterocycles. The molecule has 8 heteroatoms. The molecule has 0 amide bonds. The molecule has 2 N–H and O–H groups in total. The summed E-state index contributed by atoms with van der Waals surface area (Å²) in [5.74, 6) is 0.0347. The monoisotopic (exact) mass is 374 g/mol. The van der Waals surface area contributed by atoms with E-state index >= 15 is 0 Å². The van der Waals surface area contributed by atoms with E-state index in [9.17, 15) is 4.39 Å². The molecule has 0 bridgehead atoms. The van der Waals surface area contributed by atoms with Crippen molar-refractivity contribution in [2.24, 2.45) is 0 Å². The first-order valence-electron chi connectivity index (χ1n) is 7.14. The van der Waals surface area contributed by atoms with Gasteiger partial charge < -0.3 is 10.6 Å². The van der Waals surface area contributed by atoms with Crippen LogP contribution in [0.2, 0.25) is 10.0 Å². The minimum Gasteiger partial charge on any atom is -0.360 e. The van der Waals surface area contributed by atoms with Gasteiger partial charge in [0.2, 0.25) is 0 Å². The largest absolute Gasteiger partial charge is 0.360 e. The van der Waals surface area contributed by atoms with Crippen LogP contribution in [0, 0.1) is 5.82 Å². The number of aromatic nitrogens is 2. The Bertz CT molecular complexity index is 685. The van der Waals surface area contributed by atoms with Crippen LogP contribution in [0.3, 0.4) is 0 Å². The molecule has 1 unspecified atom stereocenters. The third kappa shape index (κ3) is 4.80. The second kappa shape index (κ2) is 7.95. The molecule has 0 saturated heterocycles. The Hall–Kier alpha value is -1.37. The number of anilines is 1. The van der Waals surface area contributed by atoms with Gasteiger partial charge in [-0.15, -0.1) is 0 Å². The van der Waals surface area contributed by atoms with E-state index in [0.717, 1.165) is 6.42 Å². The molecule has 0 radical (unpaired) electrons. The molecule has 0 spiro atoms. The van der Waals surface area contributed by atoms with Crippen LogP contribution < -0.4 is 10.6 Å². The second-order valence-electron chi connectivity index (χ2n) is 5.13. The normalized spacial score (nSPS) is 12.0. The molecule has 1 aromatic carbocycles. The minimum atomic E-state index is -0.382. The summed E-state index contributed by atoms with van der Waals surface area (Å²) in [6.07, 6.45) is 2.54. The quantitative estimate of drug-likeness (QED) is 0.757. The summed E-state index contributed by atoms with van der Waals surface area (Å²) in [7, 11) is 0. The van der Waals surface area contributed by atoms with Crippen molar-refractivity contribution in [3.8, 4) is 0 Å². The van der Waals surface area contributed by atoms with Gasteiger partial charge in [0.1, 0.15) is 10.8 Å². The maximum atomic E-state index is 13.8. The Morgan fingerprint density at radius 2 is 2.13 bits per heavy atom. The van der Waals surface area contributed by atoms with Gasteiger partial charge in [0, 0.05) is 22.8 Å². The molecule has 0 aliphatic heterocycles. The Morgan fingerprint density at radius 3 is 2.78 bits per heavy atom. The number of benzene rings is 1. The van der Waals surface area contributed by atoms with Crippen molar-refractivity contribution in [1.82, 2.24) is 15.1 Å². The highest BCUT2D eigenvalue weighted by atomic mass is 35.5. The average molecular weight is 375 g/mol. The van der Waals surface area contributed by atoms with Crippen LogP contribution in [0.25, 0.3) is 0 Å². The standard InChI is InChI=1S/C15H17Cl2FN4S/c1-3-9(2)19-15(23)20-14-12(17)8-22(21-14)7-10-11(16)5-4-6-13(10)18/h4-6,8-9H,3,7H2,1-2H3,(H2,19,20,21,23). The molecule has 0 aliphatic carbocycles. The topological polar surface area (TPSA) is 41.9 Å². The molecule has 0 aliphatic rings. The number of rotatable bonds is 5. The molecule has 2 rings (SSSR count). The second-order valence-corrected chi connectivity index (χ2v) is 6.35. The molecular weight excluding hydrogens is 358 g/mol. The molecular formula is C15H17Cl2FN4S. The van der Waals surface area contributed by atoms with Crippen LogP contribution >= 0.6 is 35.4 Å². The summed E-state index contributed by atoms with van der Waals surface area (Å²) >= 11 is 17.4. The van der Waals surface area contributed by atoms with Gasteiger partial charge in [0.05, 0.1) is 6.54 Å². The molecule has 2 aromatic rings. The van der Waals surface area contributed by atoms with Crippen molar-refractivity contribution in [2.75, 3.05) is 5.32 Å². The first-order chi connectivity index (χ1) is 10.9. The van der Waals surface area contributed by atoms with Crippen LogP contribution in [-0.4, -0.2) is 20.9 Å².